The largest absolute Gasteiger partial charge is 0.449 e. The van der Waals surface area contributed by atoms with E-state index in [1.54, 1.807) is 6.92 Å². The van der Waals surface area contributed by atoms with Crippen LogP contribution in [0, 0.1) is 10.1 Å². The van der Waals surface area contributed by atoms with E-state index >= 15 is 0 Å². The van der Waals surface area contributed by atoms with Gasteiger partial charge in [-0.1, -0.05) is 0 Å². The number of esters is 1. The Labute approximate surface area is 137 Å². The van der Waals surface area contributed by atoms with E-state index in [1.165, 1.54) is 37.3 Å². The number of nitro groups is 1. The molecule has 1 rings (SSSR count). The van der Waals surface area contributed by atoms with E-state index in [9.17, 15) is 24.5 Å². The first-order valence-corrected chi connectivity index (χ1v) is 7.05. The smallest absolute Gasteiger partial charge is 0.331 e. The number of carbonyl (C=O) groups excluding carboxylic acids is 3. The van der Waals surface area contributed by atoms with Crippen LogP contribution in [0.15, 0.2) is 30.3 Å². The zero-order valence-corrected chi connectivity index (χ0v) is 13.1. The number of hydrogen-bond acceptors (Lipinski definition) is 6. The fourth-order valence-corrected chi connectivity index (χ4v) is 1.56. The molecule has 9 heteroatoms. The Morgan fingerprint density at radius 1 is 1.29 bits per heavy atom. The Balaban J connectivity index is 2.53. The summed E-state index contributed by atoms with van der Waals surface area (Å²) in [6.45, 7) is 3.37. The number of nitrogens with one attached hydrogen (secondary N) is 2. The van der Waals surface area contributed by atoms with Crippen molar-refractivity contribution >= 4 is 29.7 Å². The highest BCUT2D eigenvalue weighted by atomic mass is 16.6. The molecule has 0 aliphatic carbocycles. The highest BCUT2D eigenvalue weighted by Crippen LogP contribution is 2.12. The molecule has 0 radical (unpaired) electrons. The van der Waals surface area contributed by atoms with Gasteiger partial charge in [0, 0.05) is 24.8 Å². The van der Waals surface area contributed by atoms with Crippen LogP contribution in [0.5, 0.6) is 0 Å². The number of urea groups is 1. The first-order chi connectivity index (χ1) is 11.3. The summed E-state index contributed by atoms with van der Waals surface area (Å²) in [5, 5.41) is 14.9. The molecule has 128 valence electrons. The maximum Gasteiger partial charge on any atom is 0.331 e. The Morgan fingerprint density at radius 2 is 1.92 bits per heavy atom. The molecular weight excluding hydrogens is 318 g/mol. The Hall–Kier alpha value is -3.23. The van der Waals surface area contributed by atoms with Crippen molar-refractivity contribution in [2.24, 2.45) is 0 Å². The maximum atomic E-state index is 11.6. The number of ether oxygens (including phenoxy) is 1. The minimum atomic E-state index is -1.15. The zero-order chi connectivity index (χ0) is 18.1. The van der Waals surface area contributed by atoms with Gasteiger partial charge in [-0.05, 0) is 37.6 Å². The molecule has 0 heterocycles. The van der Waals surface area contributed by atoms with Gasteiger partial charge in [0.15, 0.2) is 6.10 Å². The molecule has 0 aliphatic rings. The third-order valence-electron chi connectivity index (χ3n) is 2.75. The molecule has 0 unspecified atom stereocenters. The molecule has 24 heavy (non-hydrogen) atoms. The summed E-state index contributed by atoms with van der Waals surface area (Å²) < 4.78 is 4.85. The minimum Gasteiger partial charge on any atom is -0.449 e. The van der Waals surface area contributed by atoms with Crippen molar-refractivity contribution in [3.63, 3.8) is 0 Å². The highest BCUT2D eigenvalue weighted by Gasteiger charge is 2.18. The number of nitrogens with zero attached hydrogens (tertiary/aromatic N) is 1. The first-order valence-electron chi connectivity index (χ1n) is 7.05. The minimum absolute atomic E-state index is 0.0645. The quantitative estimate of drug-likeness (QED) is 0.350. The summed E-state index contributed by atoms with van der Waals surface area (Å²) in [7, 11) is 0. The van der Waals surface area contributed by atoms with Crippen molar-refractivity contribution in [1.29, 1.82) is 0 Å². The van der Waals surface area contributed by atoms with Gasteiger partial charge in [-0.15, -0.1) is 0 Å². The van der Waals surface area contributed by atoms with Gasteiger partial charge < -0.3 is 10.1 Å². The van der Waals surface area contributed by atoms with E-state index in [4.69, 9.17) is 4.74 Å². The number of rotatable bonds is 6. The lowest BCUT2D eigenvalue weighted by Gasteiger charge is -2.11. The van der Waals surface area contributed by atoms with Crippen molar-refractivity contribution in [3.8, 4) is 0 Å². The lowest BCUT2D eigenvalue weighted by molar-refractivity contribution is -0.384. The Morgan fingerprint density at radius 3 is 2.46 bits per heavy atom. The van der Waals surface area contributed by atoms with Crippen LogP contribution < -0.4 is 10.6 Å². The van der Waals surface area contributed by atoms with E-state index in [0.717, 1.165) is 6.08 Å². The third kappa shape index (κ3) is 6.26. The number of nitro benzene ring substituents is 1. The van der Waals surface area contributed by atoms with Gasteiger partial charge in [0.05, 0.1) is 4.92 Å². The van der Waals surface area contributed by atoms with Crippen LogP contribution in [-0.2, 0) is 14.3 Å². The summed E-state index contributed by atoms with van der Waals surface area (Å²) in [5.41, 5.74) is 0.488. The number of amides is 3. The fourth-order valence-electron chi connectivity index (χ4n) is 1.56. The lowest BCUT2D eigenvalue weighted by atomic mass is 10.2. The number of carbonyl (C=O) groups is 3. The number of benzene rings is 1. The molecule has 0 saturated carbocycles. The van der Waals surface area contributed by atoms with Crippen LogP contribution in [0.4, 0.5) is 10.5 Å². The predicted octanol–water partition coefficient (Wildman–Crippen LogP) is 1.39. The van der Waals surface area contributed by atoms with Crippen molar-refractivity contribution in [1.82, 2.24) is 10.6 Å². The molecule has 1 aromatic rings. The molecule has 0 aliphatic heterocycles. The van der Waals surface area contributed by atoms with Gasteiger partial charge >= 0.3 is 12.0 Å². The van der Waals surface area contributed by atoms with Gasteiger partial charge in [-0.3, -0.25) is 20.2 Å². The molecule has 2 N–H and O–H groups in total. The summed E-state index contributed by atoms with van der Waals surface area (Å²) in [6.07, 6.45) is 1.32. The summed E-state index contributed by atoms with van der Waals surface area (Å²) in [4.78, 5) is 44.4. The second-order valence-corrected chi connectivity index (χ2v) is 4.61. The molecule has 0 saturated heterocycles. The fraction of sp³-hybridized carbons (Fsp3) is 0.267. The van der Waals surface area contributed by atoms with Crippen molar-refractivity contribution in [2.45, 2.75) is 20.0 Å². The first kappa shape index (κ1) is 18.8. The Kier molecular flexibility index (Phi) is 7.08. The molecule has 3 amide bonds. The lowest BCUT2D eigenvalue weighted by Crippen LogP contribution is -2.44. The van der Waals surface area contributed by atoms with E-state index in [-0.39, 0.29) is 5.69 Å². The SMILES string of the molecule is CCNC(=O)NC(=O)[C@H](C)OC(=O)/C=C/c1ccc([N+](=O)[O-])cc1. The molecule has 0 bridgehead atoms. The average Bonchev–Trinajstić information content (AvgIpc) is 2.53. The van der Waals surface area contributed by atoms with E-state index < -0.39 is 28.9 Å². The van der Waals surface area contributed by atoms with Crippen LogP contribution in [0.2, 0.25) is 0 Å². The van der Waals surface area contributed by atoms with Crippen LogP contribution in [0.25, 0.3) is 6.08 Å². The molecule has 0 spiro atoms. The molecule has 1 atom stereocenters. The summed E-state index contributed by atoms with van der Waals surface area (Å²) in [5.74, 6) is -1.54. The summed E-state index contributed by atoms with van der Waals surface area (Å²) in [6, 6.07) is 4.85. The number of imide groups is 1. The second-order valence-electron chi connectivity index (χ2n) is 4.61. The van der Waals surface area contributed by atoms with Crippen molar-refractivity contribution in [3.05, 3.63) is 46.0 Å². The molecule has 9 nitrogen and oxygen atoms in total. The van der Waals surface area contributed by atoms with Gasteiger partial charge in [-0.25, -0.2) is 9.59 Å². The van der Waals surface area contributed by atoms with Crippen molar-refractivity contribution in [2.75, 3.05) is 6.54 Å². The monoisotopic (exact) mass is 335 g/mol. The van der Waals surface area contributed by atoms with E-state index in [2.05, 4.69) is 5.32 Å². The third-order valence-corrected chi connectivity index (χ3v) is 2.75. The highest BCUT2D eigenvalue weighted by molar-refractivity contribution is 5.98. The van der Waals surface area contributed by atoms with Crippen molar-refractivity contribution < 1.29 is 24.0 Å². The van der Waals surface area contributed by atoms with Gasteiger partial charge in [0.2, 0.25) is 0 Å². The Bertz CT molecular complexity index is 654. The second kappa shape index (κ2) is 9.03. The van der Waals surface area contributed by atoms with Crippen LogP contribution >= 0.6 is 0 Å². The number of non-ortho nitro benzene ring substituents is 1. The normalized spacial score (nSPS) is 11.6. The van der Waals surface area contributed by atoms with Crippen LogP contribution in [0.3, 0.4) is 0 Å². The van der Waals surface area contributed by atoms with Crippen LogP contribution in [-0.4, -0.2) is 35.5 Å². The zero-order valence-electron chi connectivity index (χ0n) is 13.1. The molecule has 0 fully saturated rings. The van der Waals surface area contributed by atoms with E-state index in [0.29, 0.717) is 12.1 Å². The van der Waals surface area contributed by atoms with E-state index in [1.807, 2.05) is 5.32 Å². The summed E-state index contributed by atoms with van der Waals surface area (Å²) >= 11 is 0. The molecule has 0 aromatic heterocycles. The number of hydrogen-bond donors (Lipinski definition) is 2. The van der Waals surface area contributed by atoms with Gasteiger partial charge in [0.25, 0.3) is 11.6 Å². The standard InChI is InChI=1S/C15H17N3O6/c1-3-16-15(21)17-14(20)10(2)24-13(19)9-6-11-4-7-12(8-5-11)18(22)23/h4-10H,3H2,1-2H3,(H2,16,17,20,21)/b9-6+/t10-/m0/s1. The maximum absolute atomic E-state index is 11.6. The van der Waals surface area contributed by atoms with Gasteiger partial charge in [-0.2, -0.15) is 0 Å². The van der Waals surface area contributed by atoms with Crippen LogP contribution in [0.1, 0.15) is 19.4 Å². The topological polar surface area (TPSA) is 128 Å². The average molecular weight is 335 g/mol. The molecular formula is C15H17N3O6. The predicted molar refractivity (Wildman–Crippen MR) is 84.9 cm³/mol. The molecule has 1 aromatic carbocycles. The van der Waals surface area contributed by atoms with Gasteiger partial charge in [0.1, 0.15) is 0 Å².